The summed E-state index contributed by atoms with van der Waals surface area (Å²) in [7, 11) is 0. The highest BCUT2D eigenvalue weighted by atomic mass is 14.2. The Morgan fingerprint density at radius 3 is 2.53 bits per heavy atom. The fraction of sp³-hybridized carbons (Fsp3) is 0.600. The highest BCUT2D eigenvalue weighted by molar-refractivity contribution is 5.35. The molecule has 0 N–H and O–H groups in total. The minimum atomic E-state index is 0.567. The van der Waals surface area contributed by atoms with Crippen molar-refractivity contribution in [3.8, 4) is 0 Å². The maximum Gasteiger partial charge on any atom is -0.00762 e. The van der Waals surface area contributed by atoms with Crippen LogP contribution in [0.25, 0.3) is 0 Å². The van der Waals surface area contributed by atoms with Gasteiger partial charge in [0.2, 0.25) is 0 Å². The van der Waals surface area contributed by atoms with Crippen molar-refractivity contribution in [1.82, 2.24) is 0 Å². The molecule has 0 aromatic rings. The molecule has 0 fully saturated rings. The molecule has 0 radical (unpaired) electrons. The second kappa shape index (κ2) is 5.95. The van der Waals surface area contributed by atoms with Gasteiger partial charge in [-0.25, -0.2) is 0 Å². The van der Waals surface area contributed by atoms with Crippen molar-refractivity contribution in [2.45, 2.75) is 53.4 Å². The van der Waals surface area contributed by atoms with E-state index in [1.165, 1.54) is 31.3 Å². The molecule has 1 rings (SSSR count). The highest BCUT2D eigenvalue weighted by Crippen LogP contribution is 2.29. The van der Waals surface area contributed by atoms with Crippen LogP contribution >= 0.6 is 0 Å². The van der Waals surface area contributed by atoms with E-state index < -0.39 is 0 Å². The first kappa shape index (κ1) is 12.3. The molecule has 0 spiro atoms. The quantitative estimate of drug-likeness (QED) is 0.565. The van der Waals surface area contributed by atoms with Crippen LogP contribution in [0.1, 0.15) is 53.4 Å². The van der Waals surface area contributed by atoms with E-state index in [9.17, 15) is 0 Å². The number of rotatable bonds is 3. The topological polar surface area (TPSA) is 0 Å². The van der Waals surface area contributed by atoms with Crippen LogP contribution in [0.3, 0.4) is 0 Å². The van der Waals surface area contributed by atoms with Gasteiger partial charge in [-0.3, -0.25) is 0 Å². The predicted octanol–water partition coefficient (Wildman–Crippen LogP) is 5.04. The van der Waals surface area contributed by atoms with Crippen molar-refractivity contribution < 1.29 is 0 Å². The third-order valence-electron chi connectivity index (χ3n) is 3.23. The largest absolute Gasteiger partial charge is 0.0911 e. The Bertz CT molecular complexity index is 289. The van der Waals surface area contributed by atoms with E-state index in [1.807, 2.05) is 0 Å². The van der Waals surface area contributed by atoms with Crippen LogP contribution in [0.4, 0.5) is 0 Å². The smallest absolute Gasteiger partial charge is 0.00762 e. The predicted molar refractivity (Wildman–Crippen MR) is 68.9 cm³/mol. The lowest BCUT2D eigenvalue weighted by atomic mass is 9.87. The standard InChI is InChI=1S/C15H24/c1-5-8-12(2)11-14(4)15-10-7-6-9-13(15)3/h5,8,11-12H,6-7,9-10H2,1-4H3/b8-5-,14-11-. The zero-order valence-electron chi connectivity index (χ0n) is 10.6. The van der Waals surface area contributed by atoms with Crippen molar-refractivity contribution in [2.24, 2.45) is 5.92 Å². The Hall–Kier alpha value is -0.780. The van der Waals surface area contributed by atoms with Gasteiger partial charge in [-0.15, -0.1) is 0 Å². The third kappa shape index (κ3) is 3.70. The molecule has 84 valence electrons. The molecule has 1 aliphatic rings. The van der Waals surface area contributed by atoms with E-state index in [1.54, 1.807) is 11.1 Å². The maximum absolute atomic E-state index is 2.39. The van der Waals surface area contributed by atoms with Gasteiger partial charge in [0.1, 0.15) is 0 Å². The Balaban J connectivity index is 2.78. The number of hydrogen-bond acceptors (Lipinski definition) is 0. The molecule has 0 amide bonds. The summed E-state index contributed by atoms with van der Waals surface area (Å²) in [6.45, 7) is 8.91. The Morgan fingerprint density at radius 2 is 1.93 bits per heavy atom. The van der Waals surface area contributed by atoms with Crippen LogP contribution in [0.5, 0.6) is 0 Å². The van der Waals surface area contributed by atoms with Crippen molar-refractivity contribution in [1.29, 1.82) is 0 Å². The molecule has 0 aromatic heterocycles. The first-order valence-electron chi connectivity index (χ1n) is 6.15. The van der Waals surface area contributed by atoms with E-state index >= 15 is 0 Å². The van der Waals surface area contributed by atoms with Crippen LogP contribution in [-0.2, 0) is 0 Å². The molecule has 0 aliphatic heterocycles. The van der Waals surface area contributed by atoms with E-state index in [0.29, 0.717) is 5.92 Å². The van der Waals surface area contributed by atoms with Gasteiger partial charge >= 0.3 is 0 Å². The average molecular weight is 204 g/mol. The zero-order valence-corrected chi connectivity index (χ0v) is 10.6. The second-order valence-electron chi connectivity index (χ2n) is 4.70. The van der Waals surface area contributed by atoms with Crippen LogP contribution in [0, 0.1) is 5.92 Å². The van der Waals surface area contributed by atoms with Crippen molar-refractivity contribution in [3.63, 3.8) is 0 Å². The normalized spacial score (nSPS) is 21.2. The molecule has 0 saturated carbocycles. The lowest BCUT2D eigenvalue weighted by Gasteiger charge is -2.19. The van der Waals surface area contributed by atoms with Gasteiger partial charge < -0.3 is 0 Å². The summed E-state index contributed by atoms with van der Waals surface area (Å²) in [5, 5.41) is 0. The minimum Gasteiger partial charge on any atom is -0.0911 e. The highest BCUT2D eigenvalue weighted by Gasteiger charge is 2.10. The van der Waals surface area contributed by atoms with Gasteiger partial charge in [0, 0.05) is 0 Å². The first-order valence-corrected chi connectivity index (χ1v) is 6.15. The average Bonchev–Trinajstić information content (AvgIpc) is 2.18. The van der Waals surface area contributed by atoms with Crippen molar-refractivity contribution in [2.75, 3.05) is 0 Å². The molecule has 0 saturated heterocycles. The second-order valence-corrected chi connectivity index (χ2v) is 4.70. The van der Waals surface area contributed by atoms with Crippen LogP contribution < -0.4 is 0 Å². The molecule has 0 nitrogen and oxygen atoms in total. The van der Waals surface area contributed by atoms with Crippen LogP contribution in [0.2, 0.25) is 0 Å². The summed E-state index contributed by atoms with van der Waals surface area (Å²) in [4.78, 5) is 0. The number of hydrogen-bond donors (Lipinski definition) is 0. The molecule has 15 heavy (non-hydrogen) atoms. The van der Waals surface area contributed by atoms with Gasteiger partial charge in [-0.2, -0.15) is 0 Å². The summed E-state index contributed by atoms with van der Waals surface area (Å²) in [6, 6.07) is 0. The first-order chi connectivity index (χ1) is 7.15. The van der Waals surface area contributed by atoms with Gasteiger partial charge in [-0.05, 0) is 57.9 Å². The maximum atomic E-state index is 2.39. The van der Waals surface area contributed by atoms with E-state index in [2.05, 4.69) is 45.9 Å². The summed E-state index contributed by atoms with van der Waals surface area (Å²) in [6.07, 6.45) is 12.1. The monoisotopic (exact) mass is 204 g/mol. The fourth-order valence-corrected chi connectivity index (χ4v) is 2.44. The van der Waals surface area contributed by atoms with Gasteiger partial charge in [0.25, 0.3) is 0 Å². The molecule has 1 aliphatic carbocycles. The summed E-state index contributed by atoms with van der Waals surface area (Å²) in [5.74, 6) is 0.567. The van der Waals surface area contributed by atoms with E-state index in [-0.39, 0.29) is 0 Å². The molecule has 1 unspecified atom stereocenters. The summed E-state index contributed by atoms with van der Waals surface area (Å²) in [5.41, 5.74) is 4.73. The van der Waals surface area contributed by atoms with Gasteiger partial charge in [0.15, 0.2) is 0 Å². The molecule has 0 heteroatoms. The molecular formula is C15H24. The van der Waals surface area contributed by atoms with Crippen molar-refractivity contribution >= 4 is 0 Å². The molecule has 1 atom stereocenters. The van der Waals surface area contributed by atoms with Gasteiger partial charge in [-0.1, -0.05) is 36.3 Å². The Morgan fingerprint density at radius 1 is 1.27 bits per heavy atom. The summed E-state index contributed by atoms with van der Waals surface area (Å²) < 4.78 is 0. The van der Waals surface area contributed by atoms with Crippen LogP contribution in [0.15, 0.2) is 34.9 Å². The molecule has 0 bridgehead atoms. The lowest BCUT2D eigenvalue weighted by Crippen LogP contribution is -1.99. The van der Waals surface area contributed by atoms with Crippen LogP contribution in [-0.4, -0.2) is 0 Å². The third-order valence-corrected chi connectivity index (χ3v) is 3.23. The number of allylic oxidation sites excluding steroid dienone is 6. The molecule has 0 heterocycles. The lowest BCUT2D eigenvalue weighted by molar-refractivity contribution is 0.675. The molecular weight excluding hydrogens is 180 g/mol. The van der Waals surface area contributed by atoms with E-state index in [4.69, 9.17) is 0 Å². The SMILES string of the molecule is C/C=C\C(C)/C=C(/C)C1=C(C)CCCC1. The van der Waals surface area contributed by atoms with Gasteiger partial charge in [0.05, 0.1) is 0 Å². The minimum absolute atomic E-state index is 0.567. The molecule has 0 aromatic carbocycles. The van der Waals surface area contributed by atoms with Crippen molar-refractivity contribution in [3.05, 3.63) is 34.9 Å². The Labute approximate surface area is 94.8 Å². The zero-order chi connectivity index (χ0) is 11.3. The fourth-order valence-electron chi connectivity index (χ4n) is 2.44. The summed E-state index contributed by atoms with van der Waals surface area (Å²) >= 11 is 0. The Kier molecular flexibility index (Phi) is 4.87. The van der Waals surface area contributed by atoms with E-state index in [0.717, 1.165) is 0 Å².